The number of hydrogen-bond acceptors (Lipinski definition) is 5. The fourth-order valence-corrected chi connectivity index (χ4v) is 3.38. The molecule has 1 amide bonds. The molecule has 0 unspecified atom stereocenters. The summed E-state index contributed by atoms with van der Waals surface area (Å²) in [6.45, 7) is 1.98. The maximum absolute atomic E-state index is 12.4. The van der Waals surface area contributed by atoms with Crippen LogP contribution in [0.25, 0.3) is 0 Å². The van der Waals surface area contributed by atoms with Crippen molar-refractivity contribution in [3.05, 3.63) is 77.7 Å². The fourth-order valence-electron chi connectivity index (χ4n) is 2.31. The summed E-state index contributed by atoms with van der Waals surface area (Å²) in [6.07, 6.45) is 0. The van der Waals surface area contributed by atoms with Gasteiger partial charge in [0.2, 0.25) is 0 Å². The number of hydrogen-bond donors (Lipinski definition) is 2. The Balaban J connectivity index is 1.70. The molecule has 0 bridgehead atoms. The van der Waals surface area contributed by atoms with Gasteiger partial charge in [0.05, 0.1) is 11.4 Å². The van der Waals surface area contributed by atoms with Gasteiger partial charge in [-0.15, -0.1) is 0 Å². The number of nitrogens with one attached hydrogen (secondary N) is 2. The molecule has 0 aliphatic carbocycles. The second-order valence-electron chi connectivity index (χ2n) is 5.61. The summed E-state index contributed by atoms with van der Waals surface area (Å²) in [4.78, 5) is 12.4. The number of rotatable bonds is 6. The lowest BCUT2D eigenvalue weighted by molar-refractivity contribution is 0.0950. The standard InChI is InChI=1S/C18H17N3O4S/c1-13-10-16(20-25-13)12-19-18(22)14-6-5-7-15(11-14)21-26(23,24)17-8-3-2-4-9-17/h2-11,21H,12H2,1H3,(H,19,22). The van der Waals surface area contributed by atoms with Crippen molar-refractivity contribution in [2.24, 2.45) is 0 Å². The second kappa shape index (κ2) is 7.40. The van der Waals surface area contributed by atoms with Gasteiger partial charge in [0.25, 0.3) is 15.9 Å². The lowest BCUT2D eigenvalue weighted by Crippen LogP contribution is -2.23. The summed E-state index contributed by atoms with van der Waals surface area (Å²) in [5, 5.41) is 6.51. The first-order valence-electron chi connectivity index (χ1n) is 7.82. The Kier molecular flexibility index (Phi) is 5.04. The third-order valence-electron chi connectivity index (χ3n) is 3.54. The Morgan fingerprint density at radius 2 is 1.85 bits per heavy atom. The van der Waals surface area contributed by atoms with Crippen LogP contribution in [-0.4, -0.2) is 19.5 Å². The highest BCUT2D eigenvalue weighted by molar-refractivity contribution is 7.92. The maximum atomic E-state index is 12.4. The average molecular weight is 371 g/mol. The highest BCUT2D eigenvalue weighted by Crippen LogP contribution is 2.17. The fraction of sp³-hybridized carbons (Fsp3) is 0.111. The zero-order valence-electron chi connectivity index (χ0n) is 14.0. The van der Waals surface area contributed by atoms with Crippen molar-refractivity contribution < 1.29 is 17.7 Å². The Morgan fingerprint density at radius 3 is 2.54 bits per heavy atom. The molecule has 0 saturated heterocycles. The van der Waals surface area contributed by atoms with Crippen LogP contribution in [0.1, 0.15) is 21.8 Å². The first-order valence-corrected chi connectivity index (χ1v) is 9.31. The van der Waals surface area contributed by atoms with Gasteiger partial charge in [0, 0.05) is 17.3 Å². The molecular formula is C18H17N3O4S. The zero-order valence-corrected chi connectivity index (χ0v) is 14.8. The minimum Gasteiger partial charge on any atom is -0.361 e. The number of anilines is 1. The first kappa shape index (κ1) is 17.7. The third kappa shape index (κ3) is 4.28. The first-order chi connectivity index (χ1) is 12.4. The number of nitrogens with zero attached hydrogens (tertiary/aromatic N) is 1. The molecule has 2 N–H and O–H groups in total. The molecule has 0 fully saturated rings. The van der Waals surface area contributed by atoms with E-state index in [-0.39, 0.29) is 17.3 Å². The Bertz CT molecular complexity index is 1010. The average Bonchev–Trinajstić information content (AvgIpc) is 3.05. The quantitative estimate of drug-likeness (QED) is 0.694. The number of amides is 1. The molecule has 3 rings (SSSR count). The summed E-state index contributed by atoms with van der Waals surface area (Å²) in [7, 11) is -3.71. The summed E-state index contributed by atoms with van der Waals surface area (Å²) < 4.78 is 32.1. The topological polar surface area (TPSA) is 101 Å². The van der Waals surface area contributed by atoms with Gasteiger partial charge in [0.15, 0.2) is 0 Å². The molecule has 7 nitrogen and oxygen atoms in total. The van der Waals surface area contributed by atoms with Gasteiger partial charge < -0.3 is 9.84 Å². The van der Waals surface area contributed by atoms with E-state index < -0.39 is 10.0 Å². The molecule has 2 aromatic carbocycles. The van der Waals surface area contributed by atoms with Crippen molar-refractivity contribution in [1.82, 2.24) is 10.5 Å². The van der Waals surface area contributed by atoms with Gasteiger partial charge >= 0.3 is 0 Å². The minimum absolute atomic E-state index is 0.149. The van der Waals surface area contributed by atoms with E-state index in [1.54, 1.807) is 49.4 Å². The van der Waals surface area contributed by atoms with Crippen LogP contribution in [0, 0.1) is 6.92 Å². The van der Waals surface area contributed by atoms with Gasteiger partial charge in [-0.25, -0.2) is 8.42 Å². The van der Waals surface area contributed by atoms with Crippen LogP contribution >= 0.6 is 0 Å². The van der Waals surface area contributed by atoms with Gasteiger partial charge in [-0.3, -0.25) is 9.52 Å². The van der Waals surface area contributed by atoms with E-state index in [1.807, 2.05) is 0 Å². The molecule has 0 aliphatic heterocycles. The van der Waals surface area contributed by atoms with Gasteiger partial charge in [-0.2, -0.15) is 0 Å². The van der Waals surface area contributed by atoms with Crippen molar-refractivity contribution in [2.45, 2.75) is 18.4 Å². The van der Waals surface area contributed by atoms with Crippen molar-refractivity contribution in [3.63, 3.8) is 0 Å². The molecule has 3 aromatic rings. The van der Waals surface area contributed by atoms with Crippen LogP contribution in [0.4, 0.5) is 5.69 Å². The molecule has 134 valence electrons. The minimum atomic E-state index is -3.71. The van der Waals surface area contributed by atoms with Crippen LogP contribution in [0.5, 0.6) is 0 Å². The predicted molar refractivity (Wildman–Crippen MR) is 96.1 cm³/mol. The van der Waals surface area contributed by atoms with Crippen molar-refractivity contribution >= 4 is 21.6 Å². The van der Waals surface area contributed by atoms with Crippen LogP contribution in [-0.2, 0) is 16.6 Å². The summed E-state index contributed by atoms with van der Waals surface area (Å²) in [5.74, 6) is 0.318. The summed E-state index contributed by atoms with van der Waals surface area (Å²) in [5.41, 5.74) is 1.24. The van der Waals surface area contributed by atoms with Crippen LogP contribution in [0.3, 0.4) is 0 Å². The molecule has 0 atom stereocenters. The molecule has 0 saturated carbocycles. The highest BCUT2D eigenvalue weighted by Gasteiger charge is 2.14. The maximum Gasteiger partial charge on any atom is 0.261 e. The Labute approximate surface area is 151 Å². The number of aromatic nitrogens is 1. The van der Waals surface area contributed by atoms with Gasteiger partial charge in [-0.05, 0) is 37.3 Å². The monoisotopic (exact) mass is 371 g/mol. The van der Waals surface area contributed by atoms with Crippen LogP contribution < -0.4 is 10.0 Å². The number of benzene rings is 2. The number of sulfonamides is 1. The van der Waals surface area contributed by atoms with Crippen LogP contribution in [0.2, 0.25) is 0 Å². The molecule has 0 aliphatic rings. The molecule has 0 spiro atoms. The van der Waals surface area contributed by atoms with E-state index in [0.29, 0.717) is 22.7 Å². The van der Waals surface area contributed by atoms with E-state index in [0.717, 1.165) is 0 Å². The van der Waals surface area contributed by atoms with Gasteiger partial charge in [-0.1, -0.05) is 29.4 Å². The molecule has 8 heteroatoms. The zero-order chi connectivity index (χ0) is 18.6. The van der Waals surface area contributed by atoms with E-state index >= 15 is 0 Å². The highest BCUT2D eigenvalue weighted by atomic mass is 32.2. The molecule has 1 heterocycles. The van der Waals surface area contributed by atoms with Crippen molar-refractivity contribution in [2.75, 3.05) is 4.72 Å². The van der Waals surface area contributed by atoms with Crippen LogP contribution in [0.15, 0.2) is 70.1 Å². The number of carbonyl (C=O) groups is 1. The lowest BCUT2D eigenvalue weighted by atomic mass is 10.2. The summed E-state index contributed by atoms with van der Waals surface area (Å²) >= 11 is 0. The Hall–Kier alpha value is -3.13. The largest absolute Gasteiger partial charge is 0.361 e. The van der Waals surface area contributed by atoms with Crippen molar-refractivity contribution in [1.29, 1.82) is 0 Å². The molecule has 26 heavy (non-hydrogen) atoms. The number of carbonyl (C=O) groups excluding carboxylic acids is 1. The van der Waals surface area contributed by atoms with E-state index in [9.17, 15) is 13.2 Å². The van der Waals surface area contributed by atoms with E-state index in [1.165, 1.54) is 18.2 Å². The predicted octanol–water partition coefficient (Wildman–Crippen LogP) is 2.71. The smallest absolute Gasteiger partial charge is 0.261 e. The summed E-state index contributed by atoms with van der Waals surface area (Å²) in [6, 6.07) is 16.0. The second-order valence-corrected chi connectivity index (χ2v) is 7.29. The SMILES string of the molecule is Cc1cc(CNC(=O)c2cccc(NS(=O)(=O)c3ccccc3)c2)no1. The molecule has 0 radical (unpaired) electrons. The molecular weight excluding hydrogens is 354 g/mol. The third-order valence-corrected chi connectivity index (χ3v) is 4.93. The number of aryl methyl sites for hydroxylation is 1. The van der Waals surface area contributed by atoms with E-state index in [4.69, 9.17) is 4.52 Å². The van der Waals surface area contributed by atoms with Gasteiger partial charge in [0.1, 0.15) is 11.5 Å². The molecule has 1 aromatic heterocycles. The van der Waals surface area contributed by atoms with Crippen molar-refractivity contribution in [3.8, 4) is 0 Å². The van der Waals surface area contributed by atoms with E-state index in [2.05, 4.69) is 15.2 Å². The Morgan fingerprint density at radius 1 is 1.08 bits per heavy atom. The lowest BCUT2D eigenvalue weighted by Gasteiger charge is -2.09. The normalized spacial score (nSPS) is 11.1.